The van der Waals surface area contributed by atoms with Crippen molar-refractivity contribution in [1.82, 2.24) is 0 Å². The van der Waals surface area contributed by atoms with Crippen molar-refractivity contribution < 1.29 is 58.5 Å². The van der Waals surface area contributed by atoms with Gasteiger partial charge in [0.25, 0.3) is 0 Å². The Morgan fingerprint density at radius 1 is 1.00 bits per heavy atom. The first-order valence-corrected chi connectivity index (χ1v) is 5.49. The Morgan fingerprint density at radius 3 is 1.92 bits per heavy atom. The van der Waals surface area contributed by atoms with Crippen molar-refractivity contribution >= 4 is 5.97 Å². The summed E-state index contributed by atoms with van der Waals surface area (Å²) in [7, 11) is 0. The van der Waals surface area contributed by atoms with E-state index >= 15 is 0 Å². The Morgan fingerprint density at radius 2 is 1.50 bits per heavy atom. The molecule has 0 amide bonds. The zero-order chi connectivity index (χ0) is 19.1. The van der Waals surface area contributed by atoms with Crippen molar-refractivity contribution in [3.63, 3.8) is 0 Å². The highest BCUT2D eigenvalue weighted by Crippen LogP contribution is 2.46. The first kappa shape index (κ1) is 19.8. The number of carbonyl (C=O) groups is 1. The summed E-state index contributed by atoms with van der Waals surface area (Å²) in [6.07, 6.45) is -6.72. The molecule has 1 rings (SSSR count). The lowest BCUT2D eigenvalue weighted by Crippen LogP contribution is -2.54. The molecule has 0 aliphatic carbocycles. The number of aromatic carboxylic acids is 1. The largest absolute Gasteiger partial charge is 0.481 e. The van der Waals surface area contributed by atoms with Crippen molar-refractivity contribution in [2.24, 2.45) is 0 Å². The molecule has 0 aliphatic rings. The van der Waals surface area contributed by atoms with E-state index in [4.69, 9.17) is 5.11 Å². The molecule has 1 aromatic carbocycles. The van der Waals surface area contributed by atoms with E-state index in [1.54, 1.807) is 0 Å². The smallest absolute Gasteiger partial charge is 0.460 e. The van der Waals surface area contributed by atoms with E-state index in [0.29, 0.717) is 0 Å². The number of carboxylic acid groups (broad SMARTS) is 1. The Labute approximate surface area is 125 Å². The van der Waals surface area contributed by atoms with Crippen LogP contribution in [0.1, 0.15) is 10.4 Å². The van der Waals surface area contributed by atoms with Crippen LogP contribution in [-0.4, -0.2) is 35.7 Å². The monoisotopic (exact) mass is 374 g/mol. The maximum atomic E-state index is 13.5. The molecule has 0 bridgehead atoms. The van der Waals surface area contributed by atoms with E-state index < -0.39 is 59.4 Å². The van der Waals surface area contributed by atoms with Gasteiger partial charge in [-0.05, 0) is 6.07 Å². The van der Waals surface area contributed by atoms with Gasteiger partial charge >= 0.3 is 24.0 Å². The summed E-state index contributed by atoms with van der Waals surface area (Å²) in [5.41, 5.74) is -1.62. The lowest BCUT2D eigenvalue weighted by Gasteiger charge is -2.28. The van der Waals surface area contributed by atoms with E-state index in [-0.39, 0.29) is 6.07 Å². The molecule has 0 unspecified atom stereocenters. The van der Waals surface area contributed by atoms with Gasteiger partial charge in [0.1, 0.15) is 5.56 Å². The zero-order valence-electron chi connectivity index (χ0n) is 10.8. The fraction of sp³-hybridized carbons (Fsp3) is 0.364. The number of ether oxygens (including phenoxy) is 1. The Kier molecular flexibility index (Phi) is 4.97. The molecule has 0 heterocycles. The minimum absolute atomic E-state index is 0.206. The fourth-order valence-electron chi connectivity index (χ4n) is 1.32. The summed E-state index contributed by atoms with van der Waals surface area (Å²) in [6.45, 7) is -2.91. The molecule has 0 saturated heterocycles. The highest BCUT2D eigenvalue weighted by Gasteiger charge is 2.73. The molecule has 0 aliphatic heterocycles. The van der Waals surface area contributed by atoms with Crippen LogP contribution in [0.15, 0.2) is 6.07 Å². The Hall–Kier alpha value is -2.21. The normalized spacial score (nSPS) is 13.1. The van der Waals surface area contributed by atoms with Crippen molar-refractivity contribution in [2.45, 2.75) is 18.0 Å². The van der Waals surface area contributed by atoms with E-state index in [9.17, 15) is 48.7 Å². The standard InChI is InChI=1S/C11H4F10O3/c12-4-1-3(8(22)23)5(13)7(6(4)14)24-2-9(15,16)10(17,18)11(19,20)21/h1H,2H2,(H,22,23). The Balaban J connectivity index is 3.22. The molecule has 136 valence electrons. The number of hydrogen-bond acceptors (Lipinski definition) is 2. The van der Waals surface area contributed by atoms with Gasteiger partial charge in [-0.25, -0.2) is 13.6 Å². The SMILES string of the molecule is O=C(O)c1cc(F)c(F)c(OCC(F)(F)C(F)(F)C(F)(F)F)c1F. The van der Waals surface area contributed by atoms with Crippen LogP contribution in [0.2, 0.25) is 0 Å². The summed E-state index contributed by atoms with van der Waals surface area (Å²) < 4.78 is 130. The molecule has 0 fully saturated rings. The number of hydrogen-bond donors (Lipinski definition) is 1. The van der Waals surface area contributed by atoms with Crippen LogP contribution in [0.4, 0.5) is 43.9 Å². The van der Waals surface area contributed by atoms with Crippen LogP contribution < -0.4 is 4.74 Å². The number of rotatable bonds is 5. The van der Waals surface area contributed by atoms with Crippen molar-refractivity contribution in [1.29, 1.82) is 0 Å². The van der Waals surface area contributed by atoms with Crippen LogP contribution in [-0.2, 0) is 0 Å². The molecular formula is C11H4F10O3. The van der Waals surface area contributed by atoms with Crippen LogP contribution >= 0.6 is 0 Å². The molecule has 3 nitrogen and oxygen atoms in total. The minimum atomic E-state index is -6.72. The van der Waals surface area contributed by atoms with Crippen LogP contribution in [0.25, 0.3) is 0 Å². The van der Waals surface area contributed by atoms with Gasteiger partial charge in [0.2, 0.25) is 5.82 Å². The average Bonchev–Trinajstić information content (AvgIpc) is 2.40. The molecule has 0 spiro atoms. The second-order valence-corrected chi connectivity index (χ2v) is 4.23. The van der Waals surface area contributed by atoms with Crippen molar-refractivity contribution in [2.75, 3.05) is 6.61 Å². The molecule has 1 aromatic rings. The zero-order valence-corrected chi connectivity index (χ0v) is 10.8. The van der Waals surface area contributed by atoms with Gasteiger partial charge in [-0.1, -0.05) is 0 Å². The minimum Gasteiger partial charge on any atom is -0.481 e. The van der Waals surface area contributed by atoms with E-state index in [0.717, 1.165) is 0 Å². The van der Waals surface area contributed by atoms with Gasteiger partial charge < -0.3 is 9.84 Å². The molecule has 0 saturated carbocycles. The number of benzene rings is 1. The van der Waals surface area contributed by atoms with Gasteiger partial charge in [0.15, 0.2) is 24.0 Å². The molecule has 1 N–H and O–H groups in total. The van der Waals surface area contributed by atoms with Gasteiger partial charge in [0.05, 0.1) is 0 Å². The summed E-state index contributed by atoms with van der Waals surface area (Å²) in [4.78, 5) is 10.5. The van der Waals surface area contributed by atoms with Gasteiger partial charge in [-0.2, -0.15) is 35.1 Å². The van der Waals surface area contributed by atoms with Crippen LogP contribution in [0, 0.1) is 17.5 Å². The molecule has 13 heteroatoms. The third-order valence-corrected chi connectivity index (χ3v) is 2.56. The molecule has 0 radical (unpaired) electrons. The first-order valence-electron chi connectivity index (χ1n) is 5.49. The second kappa shape index (κ2) is 6.02. The second-order valence-electron chi connectivity index (χ2n) is 4.23. The fourth-order valence-corrected chi connectivity index (χ4v) is 1.32. The lowest BCUT2D eigenvalue weighted by molar-refractivity contribution is -0.358. The van der Waals surface area contributed by atoms with Crippen LogP contribution in [0.5, 0.6) is 5.75 Å². The number of carboxylic acids is 1. The number of halogens is 10. The van der Waals surface area contributed by atoms with E-state index in [1.165, 1.54) is 0 Å². The maximum Gasteiger partial charge on any atom is 0.460 e. The first-order chi connectivity index (χ1) is 10.6. The summed E-state index contributed by atoms with van der Waals surface area (Å²) >= 11 is 0. The van der Waals surface area contributed by atoms with Gasteiger partial charge in [-0.15, -0.1) is 0 Å². The third kappa shape index (κ3) is 3.33. The van der Waals surface area contributed by atoms with Crippen molar-refractivity contribution in [3.8, 4) is 5.75 Å². The number of alkyl halides is 7. The van der Waals surface area contributed by atoms with E-state index in [2.05, 4.69) is 4.74 Å². The molecule has 0 atom stereocenters. The topological polar surface area (TPSA) is 46.5 Å². The highest BCUT2D eigenvalue weighted by atomic mass is 19.4. The Bertz CT molecular complexity index is 652. The van der Waals surface area contributed by atoms with Crippen LogP contribution in [0.3, 0.4) is 0 Å². The summed E-state index contributed by atoms with van der Waals surface area (Å²) in [6, 6.07) is -0.206. The average molecular weight is 374 g/mol. The molecule has 24 heavy (non-hydrogen) atoms. The maximum absolute atomic E-state index is 13.5. The molecular weight excluding hydrogens is 370 g/mol. The summed E-state index contributed by atoms with van der Waals surface area (Å²) in [5.74, 6) is -23.8. The lowest BCUT2D eigenvalue weighted by atomic mass is 10.1. The molecule has 0 aromatic heterocycles. The predicted octanol–water partition coefficient (Wildman–Crippen LogP) is 4.01. The highest BCUT2D eigenvalue weighted by molar-refractivity contribution is 5.88. The van der Waals surface area contributed by atoms with Crippen molar-refractivity contribution in [3.05, 3.63) is 29.1 Å². The third-order valence-electron chi connectivity index (χ3n) is 2.56. The van der Waals surface area contributed by atoms with Gasteiger partial charge in [-0.3, -0.25) is 0 Å². The van der Waals surface area contributed by atoms with Gasteiger partial charge in [0, 0.05) is 0 Å². The predicted molar refractivity (Wildman–Crippen MR) is 54.7 cm³/mol. The summed E-state index contributed by atoms with van der Waals surface area (Å²) in [5, 5.41) is 8.47. The quantitative estimate of drug-likeness (QED) is 0.626. The van der Waals surface area contributed by atoms with E-state index in [1.807, 2.05) is 0 Å².